The quantitative estimate of drug-likeness (QED) is 0.827. The van der Waals surface area contributed by atoms with Crippen LogP contribution in [-0.2, 0) is 6.54 Å². The van der Waals surface area contributed by atoms with Crippen molar-refractivity contribution in [2.45, 2.75) is 33.2 Å². The molecule has 1 amide bonds. The van der Waals surface area contributed by atoms with E-state index in [9.17, 15) is 9.59 Å². The monoisotopic (exact) mass is 287 g/mol. The predicted molar refractivity (Wildman–Crippen MR) is 85.5 cm³/mol. The molecule has 1 heterocycles. The highest BCUT2D eigenvalue weighted by Gasteiger charge is 2.16. The molecule has 2 rings (SSSR count). The molecule has 1 aromatic carbocycles. The van der Waals surface area contributed by atoms with Gasteiger partial charge in [0.05, 0.1) is 10.9 Å². The maximum atomic E-state index is 12.6. The normalized spacial score (nSPS) is 10.8. The van der Waals surface area contributed by atoms with E-state index in [1.165, 1.54) is 0 Å². The van der Waals surface area contributed by atoms with Gasteiger partial charge in [-0.3, -0.25) is 9.59 Å². The van der Waals surface area contributed by atoms with E-state index in [0.29, 0.717) is 17.6 Å². The number of carbonyl (C=O) groups is 1. The number of nitrogens with zero attached hydrogens (tertiary/aromatic N) is 1. The number of aromatic nitrogens is 1. The molecule has 0 radical (unpaired) electrons. The average Bonchev–Trinajstić information content (AvgIpc) is 2.47. The van der Waals surface area contributed by atoms with Gasteiger partial charge >= 0.3 is 0 Å². The van der Waals surface area contributed by atoms with Crippen LogP contribution in [0, 0.1) is 0 Å². The van der Waals surface area contributed by atoms with Gasteiger partial charge in [-0.25, -0.2) is 0 Å². The molecule has 5 nitrogen and oxygen atoms in total. The molecule has 5 heteroatoms. The zero-order chi connectivity index (χ0) is 15.4. The van der Waals surface area contributed by atoms with E-state index in [1.54, 1.807) is 12.3 Å². The number of amides is 1. The summed E-state index contributed by atoms with van der Waals surface area (Å²) in [5.74, 6) is -0.336. The van der Waals surface area contributed by atoms with E-state index in [2.05, 4.69) is 5.32 Å². The summed E-state index contributed by atoms with van der Waals surface area (Å²) < 4.78 is 1.92. The summed E-state index contributed by atoms with van der Waals surface area (Å²) in [6.45, 7) is 5.30. The second kappa shape index (κ2) is 6.43. The molecule has 0 aliphatic carbocycles. The Morgan fingerprint density at radius 1 is 1.29 bits per heavy atom. The van der Waals surface area contributed by atoms with Gasteiger partial charge in [0, 0.05) is 25.0 Å². The first kappa shape index (κ1) is 15.1. The second-order valence-corrected chi connectivity index (χ2v) is 5.06. The van der Waals surface area contributed by atoms with Crippen LogP contribution in [0.5, 0.6) is 0 Å². The van der Waals surface area contributed by atoms with Crippen LogP contribution in [0.2, 0.25) is 0 Å². The Labute approximate surface area is 123 Å². The van der Waals surface area contributed by atoms with Crippen molar-refractivity contribution in [3.05, 3.63) is 40.2 Å². The van der Waals surface area contributed by atoms with Crippen molar-refractivity contribution in [1.29, 1.82) is 0 Å². The fourth-order valence-corrected chi connectivity index (χ4v) is 2.38. The number of hydrogen-bond donors (Lipinski definition) is 2. The number of anilines is 1. The maximum Gasteiger partial charge on any atom is 0.256 e. The third-order valence-electron chi connectivity index (χ3n) is 3.39. The molecule has 0 fully saturated rings. The van der Waals surface area contributed by atoms with E-state index >= 15 is 0 Å². The van der Waals surface area contributed by atoms with Crippen LogP contribution in [0.1, 0.15) is 37.0 Å². The van der Waals surface area contributed by atoms with Gasteiger partial charge in [-0.15, -0.1) is 0 Å². The highest BCUT2D eigenvalue weighted by atomic mass is 16.2. The number of benzene rings is 1. The topological polar surface area (TPSA) is 77.1 Å². The van der Waals surface area contributed by atoms with Crippen molar-refractivity contribution >= 4 is 22.5 Å². The number of nitrogens with two attached hydrogens (primary N) is 1. The summed E-state index contributed by atoms with van der Waals surface area (Å²) in [6.07, 6.45) is 3.37. The lowest BCUT2D eigenvalue weighted by molar-refractivity contribution is 0.0952. The Kier molecular flexibility index (Phi) is 4.62. The van der Waals surface area contributed by atoms with Crippen molar-refractivity contribution in [2.24, 2.45) is 0 Å². The van der Waals surface area contributed by atoms with Crippen molar-refractivity contribution in [3.63, 3.8) is 0 Å². The summed E-state index contributed by atoms with van der Waals surface area (Å²) in [5, 5.41) is 3.18. The van der Waals surface area contributed by atoms with Crippen LogP contribution < -0.4 is 16.5 Å². The van der Waals surface area contributed by atoms with E-state index < -0.39 is 0 Å². The Hall–Kier alpha value is -2.30. The number of nitrogens with one attached hydrogen (secondary N) is 1. The van der Waals surface area contributed by atoms with Crippen molar-refractivity contribution in [1.82, 2.24) is 9.88 Å². The highest BCUT2D eigenvalue weighted by Crippen LogP contribution is 2.18. The number of pyridine rings is 1. The number of hydrogen-bond acceptors (Lipinski definition) is 3. The summed E-state index contributed by atoms with van der Waals surface area (Å²) >= 11 is 0. The van der Waals surface area contributed by atoms with Crippen molar-refractivity contribution in [2.75, 3.05) is 12.3 Å². The fourth-order valence-electron chi connectivity index (χ4n) is 2.38. The number of nitrogen functional groups attached to an aromatic ring is 1. The predicted octanol–water partition coefficient (Wildman–Crippen LogP) is 2.13. The number of carbonyl (C=O) groups excluding carboxylic acids is 1. The Morgan fingerprint density at radius 3 is 2.71 bits per heavy atom. The summed E-state index contributed by atoms with van der Waals surface area (Å²) in [6, 6.07) is 5.37. The molecule has 3 N–H and O–H groups in total. The fraction of sp³-hybridized carbons (Fsp3) is 0.375. The van der Waals surface area contributed by atoms with Crippen LogP contribution in [0.15, 0.2) is 29.2 Å². The van der Waals surface area contributed by atoms with E-state index in [0.717, 1.165) is 24.9 Å². The van der Waals surface area contributed by atoms with Gasteiger partial charge in [0.1, 0.15) is 5.56 Å². The largest absolute Gasteiger partial charge is 0.398 e. The van der Waals surface area contributed by atoms with Gasteiger partial charge in [-0.1, -0.05) is 19.9 Å². The minimum atomic E-state index is -0.336. The number of fused-ring (bicyclic) bond motifs is 1. The molecule has 2 aromatic rings. The highest BCUT2D eigenvalue weighted by molar-refractivity contribution is 6.00. The molecule has 0 unspecified atom stereocenters. The molecular formula is C16H21N3O2. The lowest BCUT2D eigenvalue weighted by Gasteiger charge is -2.13. The lowest BCUT2D eigenvalue weighted by Crippen LogP contribution is -2.30. The number of rotatable bonds is 5. The van der Waals surface area contributed by atoms with Crippen LogP contribution in [-0.4, -0.2) is 17.0 Å². The van der Waals surface area contributed by atoms with Gasteiger partial charge in [0.2, 0.25) is 5.43 Å². The van der Waals surface area contributed by atoms with Gasteiger partial charge < -0.3 is 15.6 Å². The number of aryl methyl sites for hydroxylation is 1. The van der Waals surface area contributed by atoms with Gasteiger partial charge in [0.15, 0.2) is 0 Å². The maximum absolute atomic E-state index is 12.6. The van der Waals surface area contributed by atoms with Crippen LogP contribution in [0.4, 0.5) is 5.69 Å². The smallest absolute Gasteiger partial charge is 0.256 e. The molecule has 0 aliphatic heterocycles. The zero-order valence-electron chi connectivity index (χ0n) is 12.5. The molecule has 0 spiro atoms. The zero-order valence-corrected chi connectivity index (χ0v) is 12.5. The SMILES string of the molecule is CCCNC(=O)c1cn(CCC)c2cccc(N)c2c1=O. The molecule has 112 valence electrons. The molecule has 0 aliphatic rings. The van der Waals surface area contributed by atoms with Crippen LogP contribution in [0.25, 0.3) is 10.9 Å². The van der Waals surface area contributed by atoms with Crippen molar-refractivity contribution in [3.8, 4) is 0 Å². The Balaban J connectivity index is 2.67. The van der Waals surface area contributed by atoms with Gasteiger partial charge in [0.25, 0.3) is 5.91 Å². The minimum Gasteiger partial charge on any atom is -0.398 e. The average molecular weight is 287 g/mol. The van der Waals surface area contributed by atoms with Gasteiger partial charge in [-0.05, 0) is 25.0 Å². The Morgan fingerprint density at radius 2 is 2.05 bits per heavy atom. The molecule has 0 atom stereocenters. The van der Waals surface area contributed by atoms with E-state index in [-0.39, 0.29) is 16.9 Å². The molecule has 21 heavy (non-hydrogen) atoms. The van der Waals surface area contributed by atoms with Gasteiger partial charge in [-0.2, -0.15) is 0 Å². The molecule has 0 saturated heterocycles. The molecule has 0 bridgehead atoms. The molecule has 1 aromatic heterocycles. The minimum absolute atomic E-state index is 0.155. The Bertz CT molecular complexity index is 719. The van der Waals surface area contributed by atoms with E-state index in [4.69, 9.17) is 5.73 Å². The summed E-state index contributed by atoms with van der Waals surface area (Å²) in [4.78, 5) is 24.7. The van der Waals surface area contributed by atoms with Crippen molar-refractivity contribution < 1.29 is 4.79 Å². The van der Waals surface area contributed by atoms with Crippen LogP contribution in [0.3, 0.4) is 0 Å². The first-order valence-electron chi connectivity index (χ1n) is 7.30. The van der Waals surface area contributed by atoms with Crippen LogP contribution >= 0.6 is 0 Å². The first-order chi connectivity index (χ1) is 10.1. The third kappa shape index (κ3) is 2.91. The third-order valence-corrected chi connectivity index (χ3v) is 3.39. The lowest BCUT2D eigenvalue weighted by atomic mass is 10.1. The standard InChI is InChI=1S/C16H21N3O2/c1-3-8-18-16(21)11-10-19(9-4-2)13-7-5-6-12(17)14(13)15(11)20/h5-7,10H,3-4,8-9,17H2,1-2H3,(H,18,21). The van der Waals surface area contributed by atoms with E-state index in [1.807, 2.05) is 30.5 Å². The summed E-state index contributed by atoms with van der Waals surface area (Å²) in [7, 11) is 0. The second-order valence-electron chi connectivity index (χ2n) is 5.06. The first-order valence-corrected chi connectivity index (χ1v) is 7.30. The summed E-state index contributed by atoms with van der Waals surface area (Å²) in [5.41, 5.74) is 6.98. The molecule has 0 saturated carbocycles. The molecular weight excluding hydrogens is 266 g/mol.